The third-order valence-electron chi connectivity index (χ3n) is 4.73. The molecule has 1 atom stereocenters. The SMILES string of the molecule is Cc1cc(CC(=O)NCC(c2ccccc2)C2CCCC2)on1. The lowest BCUT2D eigenvalue weighted by atomic mass is 9.85. The number of aromatic nitrogens is 1. The van der Waals surface area contributed by atoms with Crippen LogP contribution in [0.25, 0.3) is 0 Å². The van der Waals surface area contributed by atoms with Crippen molar-refractivity contribution < 1.29 is 9.32 Å². The van der Waals surface area contributed by atoms with E-state index in [1.54, 1.807) is 0 Å². The Bertz CT molecular complexity index is 630. The summed E-state index contributed by atoms with van der Waals surface area (Å²) < 4.78 is 5.12. The predicted molar refractivity (Wildman–Crippen MR) is 89.1 cm³/mol. The molecule has 0 bridgehead atoms. The number of aryl methyl sites for hydroxylation is 1. The molecule has 1 N–H and O–H groups in total. The lowest BCUT2D eigenvalue weighted by Crippen LogP contribution is -2.32. The van der Waals surface area contributed by atoms with Gasteiger partial charge >= 0.3 is 0 Å². The van der Waals surface area contributed by atoms with Crippen molar-refractivity contribution in [1.82, 2.24) is 10.5 Å². The number of rotatable bonds is 6. The molecule has 3 rings (SSSR count). The Morgan fingerprint density at radius 3 is 2.70 bits per heavy atom. The van der Waals surface area contributed by atoms with Gasteiger partial charge in [-0.15, -0.1) is 0 Å². The van der Waals surface area contributed by atoms with Crippen LogP contribution in [0.5, 0.6) is 0 Å². The summed E-state index contributed by atoms with van der Waals surface area (Å²) in [5.41, 5.74) is 2.14. The normalized spacial score (nSPS) is 16.4. The second-order valence-electron chi connectivity index (χ2n) is 6.48. The molecular formula is C19H24N2O2. The number of hydrogen-bond donors (Lipinski definition) is 1. The van der Waals surface area contributed by atoms with Crippen LogP contribution >= 0.6 is 0 Å². The lowest BCUT2D eigenvalue weighted by molar-refractivity contribution is -0.120. The fraction of sp³-hybridized carbons (Fsp3) is 0.474. The van der Waals surface area contributed by atoms with Crippen LogP contribution in [0.4, 0.5) is 0 Å². The zero-order chi connectivity index (χ0) is 16.1. The van der Waals surface area contributed by atoms with Gasteiger partial charge in [-0.25, -0.2) is 0 Å². The molecule has 2 aromatic rings. The molecule has 1 aromatic heterocycles. The Morgan fingerprint density at radius 1 is 1.30 bits per heavy atom. The van der Waals surface area contributed by atoms with Gasteiger partial charge in [0.05, 0.1) is 12.1 Å². The number of carbonyl (C=O) groups excluding carboxylic acids is 1. The minimum absolute atomic E-state index is 0.0000723. The maximum Gasteiger partial charge on any atom is 0.227 e. The van der Waals surface area contributed by atoms with Gasteiger partial charge in [0.25, 0.3) is 0 Å². The first-order valence-corrected chi connectivity index (χ1v) is 8.46. The van der Waals surface area contributed by atoms with E-state index in [9.17, 15) is 4.79 Å². The molecule has 1 aliphatic rings. The maximum absolute atomic E-state index is 12.2. The third kappa shape index (κ3) is 4.21. The van der Waals surface area contributed by atoms with Crippen LogP contribution in [-0.2, 0) is 11.2 Å². The van der Waals surface area contributed by atoms with Crippen molar-refractivity contribution in [3.8, 4) is 0 Å². The molecule has 0 radical (unpaired) electrons. The summed E-state index contributed by atoms with van der Waals surface area (Å²) in [6.45, 7) is 2.55. The first-order valence-electron chi connectivity index (χ1n) is 8.46. The van der Waals surface area contributed by atoms with Gasteiger partial charge in [0.1, 0.15) is 5.76 Å². The van der Waals surface area contributed by atoms with E-state index in [1.165, 1.54) is 31.2 Å². The molecule has 1 aromatic carbocycles. The fourth-order valence-electron chi connectivity index (χ4n) is 3.56. The molecule has 4 nitrogen and oxygen atoms in total. The van der Waals surface area contributed by atoms with Gasteiger partial charge in [-0.3, -0.25) is 4.79 Å². The Hall–Kier alpha value is -2.10. The Balaban J connectivity index is 1.61. The Kier molecular flexibility index (Phi) is 5.11. The van der Waals surface area contributed by atoms with E-state index in [0.29, 0.717) is 24.1 Å². The molecule has 122 valence electrons. The van der Waals surface area contributed by atoms with Crippen molar-refractivity contribution >= 4 is 5.91 Å². The summed E-state index contributed by atoms with van der Waals surface area (Å²) >= 11 is 0. The lowest BCUT2D eigenvalue weighted by Gasteiger charge is -2.24. The number of nitrogens with one attached hydrogen (secondary N) is 1. The average molecular weight is 312 g/mol. The second kappa shape index (κ2) is 7.44. The van der Waals surface area contributed by atoms with Crippen molar-refractivity contribution in [2.45, 2.75) is 44.9 Å². The van der Waals surface area contributed by atoms with Gasteiger partial charge in [-0.05, 0) is 31.2 Å². The summed E-state index contributed by atoms with van der Waals surface area (Å²) in [6, 6.07) is 12.4. The highest BCUT2D eigenvalue weighted by molar-refractivity contribution is 5.78. The van der Waals surface area contributed by atoms with Gasteiger partial charge in [-0.2, -0.15) is 0 Å². The topological polar surface area (TPSA) is 55.1 Å². The van der Waals surface area contributed by atoms with E-state index in [2.05, 4.69) is 34.7 Å². The zero-order valence-corrected chi connectivity index (χ0v) is 13.6. The molecule has 1 saturated carbocycles. The average Bonchev–Trinajstić information content (AvgIpc) is 3.21. The van der Waals surface area contributed by atoms with Crippen LogP contribution in [0.15, 0.2) is 40.9 Å². The van der Waals surface area contributed by atoms with Crippen molar-refractivity contribution in [2.75, 3.05) is 6.54 Å². The van der Waals surface area contributed by atoms with E-state index < -0.39 is 0 Å². The first-order chi connectivity index (χ1) is 11.2. The Labute approximate surface area is 137 Å². The monoisotopic (exact) mass is 312 g/mol. The fourth-order valence-corrected chi connectivity index (χ4v) is 3.56. The summed E-state index contributed by atoms with van der Waals surface area (Å²) in [7, 11) is 0. The highest BCUT2D eigenvalue weighted by Gasteiger charge is 2.26. The molecule has 0 spiro atoms. The first kappa shape index (κ1) is 15.8. The standard InChI is InChI=1S/C19H24N2O2/c1-14-11-17(23-21-14)12-19(22)20-13-18(16-9-5-6-10-16)15-7-3-2-4-8-15/h2-4,7-8,11,16,18H,5-6,9-10,12-13H2,1H3,(H,20,22). The second-order valence-corrected chi connectivity index (χ2v) is 6.48. The van der Waals surface area contributed by atoms with E-state index in [1.807, 2.05) is 19.1 Å². The molecule has 1 heterocycles. The minimum atomic E-state index is 0.0000723. The van der Waals surface area contributed by atoms with Crippen LogP contribution in [0.3, 0.4) is 0 Å². The maximum atomic E-state index is 12.2. The van der Waals surface area contributed by atoms with Crippen LogP contribution in [-0.4, -0.2) is 17.6 Å². The van der Waals surface area contributed by atoms with Gasteiger partial charge < -0.3 is 9.84 Å². The molecule has 23 heavy (non-hydrogen) atoms. The summed E-state index contributed by atoms with van der Waals surface area (Å²) in [5.74, 6) is 1.70. The molecule has 1 fully saturated rings. The van der Waals surface area contributed by atoms with Crippen molar-refractivity contribution in [1.29, 1.82) is 0 Å². The third-order valence-corrected chi connectivity index (χ3v) is 4.73. The van der Waals surface area contributed by atoms with Crippen LogP contribution < -0.4 is 5.32 Å². The summed E-state index contributed by atoms with van der Waals surface area (Å²) in [6.07, 6.45) is 5.39. The van der Waals surface area contributed by atoms with Gasteiger partial charge in [0.2, 0.25) is 5.91 Å². The van der Waals surface area contributed by atoms with E-state index in [-0.39, 0.29) is 12.3 Å². The minimum Gasteiger partial charge on any atom is -0.361 e. The van der Waals surface area contributed by atoms with Crippen LogP contribution in [0.2, 0.25) is 0 Å². The molecule has 0 aliphatic heterocycles. The predicted octanol–water partition coefficient (Wildman–Crippen LogP) is 3.62. The van der Waals surface area contributed by atoms with Gasteiger partial charge in [0.15, 0.2) is 0 Å². The van der Waals surface area contributed by atoms with Crippen molar-refractivity contribution in [2.24, 2.45) is 5.92 Å². The number of carbonyl (C=O) groups is 1. The van der Waals surface area contributed by atoms with Crippen molar-refractivity contribution in [3.63, 3.8) is 0 Å². The van der Waals surface area contributed by atoms with E-state index in [4.69, 9.17) is 4.52 Å². The molecule has 4 heteroatoms. The smallest absolute Gasteiger partial charge is 0.227 e. The molecular weight excluding hydrogens is 288 g/mol. The number of nitrogens with zero attached hydrogens (tertiary/aromatic N) is 1. The van der Waals surface area contributed by atoms with Crippen LogP contribution in [0.1, 0.15) is 48.6 Å². The van der Waals surface area contributed by atoms with Crippen molar-refractivity contribution in [3.05, 3.63) is 53.4 Å². The zero-order valence-electron chi connectivity index (χ0n) is 13.6. The van der Waals surface area contributed by atoms with Gasteiger partial charge in [0, 0.05) is 18.5 Å². The highest BCUT2D eigenvalue weighted by Crippen LogP contribution is 2.36. The molecule has 0 saturated heterocycles. The summed E-state index contributed by atoms with van der Waals surface area (Å²) in [5, 5.41) is 6.91. The highest BCUT2D eigenvalue weighted by atomic mass is 16.5. The number of benzene rings is 1. The van der Waals surface area contributed by atoms with E-state index in [0.717, 1.165) is 5.69 Å². The number of hydrogen-bond acceptors (Lipinski definition) is 3. The Morgan fingerprint density at radius 2 is 2.04 bits per heavy atom. The van der Waals surface area contributed by atoms with E-state index >= 15 is 0 Å². The largest absolute Gasteiger partial charge is 0.361 e. The summed E-state index contributed by atoms with van der Waals surface area (Å²) in [4.78, 5) is 12.2. The molecule has 1 aliphatic carbocycles. The quantitative estimate of drug-likeness (QED) is 0.886. The number of amides is 1. The molecule has 1 amide bonds. The molecule has 1 unspecified atom stereocenters. The van der Waals surface area contributed by atoms with Gasteiger partial charge in [-0.1, -0.05) is 48.3 Å². The van der Waals surface area contributed by atoms with Crippen LogP contribution in [0, 0.1) is 12.8 Å².